The van der Waals surface area contributed by atoms with Gasteiger partial charge in [0.25, 0.3) is 0 Å². The molecule has 0 unspecified atom stereocenters. The fourth-order valence-electron chi connectivity index (χ4n) is 1.87. The molecule has 0 aliphatic heterocycles. The Morgan fingerprint density at radius 1 is 1.13 bits per heavy atom. The summed E-state index contributed by atoms with van der Waals surface area (Å²) < 4.78 is 10.4. The van der Waals surface area contributed by atoms with Crippen LogP contribution in [0.2, 0.25) is 0 Å². The minimum absolute atomic E-state index is 0. The summed E-state index contributed by atoms with van der Waals surface area (Å²) >= 11 is 0. The van der Waals surface area contributed by atoms with Crippen LogP contribution in [0.5, 0.6) is 0 Å². The van der Waals surface area contributed by atoms with Crippen LogP contribution in [0.4, 0.5) is 0 Å². The second-order valence-corrected chi connectivity index (χ2v) is 5.68. The summed E-state index contributed by atoms with van der Waals surface area (Å²) in [6.45, 7) is 0. The monoisotopic (exact) mass is 251 g/mol. The smallest absolute Gasteiger partial charge is 0.811 e. The summed E-state index contributed by atoms with van der Waals surface area (Å²) in [5.74, 6) is 0. The first kappa shape index (κ1) is 19.4. The third kappa shape index (κ3) is 8.78. The zero-order chi connectivity index (χ0) is 9.95. The van der Waals surface area contributed by atoms with Crippen LogP contribution in [-0.2, 0) is 4.57 Å². The molecule has 7 heteroatoms. The van der Waals surface area contributed by atoms with Crippen molar-refractivity contribution in [3.63, 3.8) is 0 Å². The molecular formula is C8H16NNa2O3P. The van der Waals surface area contributed by atoms with Crippen LogP contribution in [0.3, 0.4) is 0 Å². The van der Waals surface area contributed by atoms with E-state index >= 15 is 0 Å². The Morgan fingerprint density at radius 3 is 2.00 bits per heavy atom. The van der Waals surface area contributed by atoms with Gasteiger partial charge in [0.15, 0.2) is 0 Å². The van der Waals surface area contributed by atoms with Crippen molar-refractivity contribution in [2.45, 2.75) is 44.1 Å². The van der Waals surface area contributed by atoms with Crippen molar-refractivity contribution in [1.29, 1.82) is 0 Å². The van der Waals surface area contributed by atoms with Crippen LogP contribution in [0.1, 0.15) is 38.5 Å². The molecule has 0 aromatic carbocycles. The molecule has 0 heterocycles. The first-order valence-corrected chi connectivity index (χ1v) is 6.44. The molecule has 2 N–H and O–H groups in total. The number of hydrogen-bond donors (Lipinski definition) is 1. The van der Waals surface area contributed by atoms with E-state index in [1.807, 2.05) is 0 Å². The molecule has 1 fully saturated rings. The average Bonchev–Trinajstić information content (AvgIpc) is 2.02. The first-order chi connectivity index (χ1) is 5.91. The Kier molecular flexibility index (Phi) is 10.7. The van der Waals surface area contributed by atoms with Crippen LogP contribution < -0.4 is 74.6 Å². The molecule has 0 atom stereocenters. The quantitative estimate of drug-likeness (QED) is 0.399. The molecular weight excluding hydrogens is 235 g/mol. The van der Waals surface area contributed by atoms with Crippen LogP contribution in [0.25, 0.3) is 0 Å². The second-order valence-electron chi connectivity index (χ2n) is 4.01. The number of nitrogens with two attached hydrogens (primary N) is 1. The van der Waals surface area contributed by atoms with Crippen molar-refractivity contribution >= 4 is 7.60 Å². The van der Waals surface area contributed by atoms with Gasteiger partial charge >= 0.3 is 59.1 Å². The fourth-order valence-corrected chi connectivity index (χ4v) is 2.58. The average molecular weight is 251 g/mol. The summed E-state index contributed by atoms with van der Waals surface area (Å²) in [6.07, 6.45) is 5.03. The van der Waals surface area contributed by atoms with E-state index in [2.05, 4.69) is 0 Å². The largest absolute Gasteiger partial charge is 1.00 e. The van der Waals surface area contributed by atoms with Crippen LogP contribution >= 0.6 is 7.60 Å². The summed E-state index contributed by atoms with van der Waals surface area (Å²) in [7, 11) is -4.35. The molecule has 0 aromatic rings. The van der Waals surface area contributed by atoms with Gasteiger partial charge in [0, 0.05) is 5.54 Å². The molecule has 0 spiro atoms. The molecule has 0 saturated heterocycles. The Balaban J connectivity index is 0. The molecule has 1 aliphatic carbocycles. The maximum Gasteiger partial charge on any atom is 1.00 e. The molecule has 1 rings (SSSR count). The van der Waals surface area contributed by atoms with Crippen molar-refractivity contribution in [2.24, 2.45) is 5.73 Å². The summed E-state index contributed by atoms with van der Waals surface area (Å²) in [6, 6.07) is 0. The van der Waals surface area contributed by atoms with Crippen LogP contribution in [0, 0.1) is 0 Å². The van der Waals surface area contributed by atoms with Gasteiger partial charge in [-0.2, -0.15) is 0 Å². The Labute approximate surface area is 136 Å². The van der Waals surface area contributed by atoms with E-state index in [4.69, 9.17) is 5.73 Å². The van der Waals surface area contributed by atoms with Gasteiger partial charge in [-0.15, -0.1) is 0 Å². The number of rotatable bonds is 3. The van der Waals surface area contributed by atoms with Crippen molar-refractivity contribution < 1.29 is 73.5 Å². The van der Waals surface area contributed by atoms with E-state index in [0.29, 0.717) is 6.42 Å². The van der Waals surface area contributed by atoms with Gasteiger partial charge in [-0.3, -0.25) is 0 Å². The molecule has 0 bridgehead atoms. The van der Waals surface area contributed by atoms with E-state index in [-0.39, 0.29) is 70.8 Å². The Morgan fingerprint density at radius 2 is 1.60 bits per heavy atom. The van der Waals surface area contributed by atoms with Gasteiger partial charge in [0.2, 0.25) is 0 Å². The van der Waals surface area contributed by atoms with Gasteiger partial charge in [-0.1, -0.05) is 26.9 Å². The van der Waals surface area contributed by atoms with E-state index in [0.717, 1.165) is 25.7 Å². The minimum Gasteiger partial charge on any atom is -0.811 e. The predicted molar refractivity (Wildman–Crippen MR) is 47.1 cm³/mol. The second kappa shape index (κ2) is 8.25. The third-order valence-corrected chi connectivity index (χ3v) is 3.50. The van der Waals surface area contributed by atoms with E-state index in [1.165, 1.54) is 6.42 Å². The van der Waals surface area contributed by atoms with Gasteiger partial charge in [0.1, 0.15) is 0 Å². The van der Waals surface area contributed by atoms with E-state index in [1.54, 1.807) is 0 Å². The maximum atomic E-state index is 10.4. The topological polar surface area (TPSA) is 89.2 Å². The summed E-state index contributed by atoms with van der Waals surface area (Å²) in [4.78, 5) is 20.9. The molecule has 1 aliphatic rings. The van der Waals surface area contributed by atoms with Gasteiger partial charge in [0.05, 0.1) is 0 Å². The van der Waals surface area contributed by atoms with Crippen molar-refractivity contribution in [3.8, 4) is 0 Å². The van der Waals surface area contributed by atoms with Crippen LogP contribution in [0.15, 0.2) is 0 Å². The number of hydrogen-bond acceptors (Lipinski definition) is 4. The SMILES string of the molecule is NC1(CCP(=O)([O-])[O-])CCCCC1.[Na+].[Na+]. The molecule has 78 valence electrons. The van der Waals surface area contributed by atoms with Gasteiger partial charge in [-0.05, 0) is 25.4 Å². The van der Waals surface area contributed by atoms with Crippen molar-refractivity contribution in [3.05, 3.63) is 0 Å². The zero-order valence-electron chi connectivity index (χ0n) is 9.70. The molecule has 1 saturated carbocycles. The molecule has 0 radical (unpaired) electrons. The fraction of sp³-hybridized carbons (Fsp3) is 1.00. The van der Waals surface area contributed by atoms with E-state index < -0.39 is 7.60 Å². The standard InChI is InChI=1S/C8H18NO3P.2Na/c9-8(4-2-1-3-5-8)6-7-13(10,11)12;;/h1-7,9H2,(H2,10,11,12);;/q;2*+1/p-2. The summed E-state index contributed by atoms with van der Waals surface area (Å²) in [5, 5.41) is 0. The van der Waals surface area contributed by atoms with E-state index in [9.17, 15) is 14.4 Å². The van der Waals surface area contributed by atoms with Crippen molar-refractivity contribution in [2.75, 3.05) is 6.16 Å². The van der Waals surface area contributed by atoms with Crippen molar-refractivity contribution in [1.82, 2.24) is 0 Å². The Hall–Kier alpha value is 2.11. The first-order valence-electron chi connectivity index (χ1n) is 4.71. The third-order valence-electron chi connectivity index (χ3n) is 2.73. The molecule has 0 amide bonds. The van der Waals surface area contributed by atoms with Crippen LogP contribution in [-0.4, -0.2) is 11.7 Å². The van der Waals surface area contributed by atoms with Gasteiger partial charge < -0.3 is 20.1 Å². The zero-order valence-corrected chi connectivity index (χ0v) is 14.6. The normalized spacial score (nSPS) is 19.9. The molecule has 15 heavy (non-hydrogen) atoms. The summed E-state index contributed by atoms with van der Waals surface area (Å²) in [5.41, 5.74) is 5.58. The molecule has 0 aromatic heterocycles. The van der Waals surface area contributed by atoms with Gasteiger partial charge in [-0.25, -0.2) is 0 Å². The minimum atomic E-state index is -4.35. The Bertz CT molecular complexity index is 216. The predicted octanol–water partition coefficient (Wildman–Crippen LogP) is -6.04. The molecule has 4 nitrogen and oxygen atoms in total. The maximum absolute atomic E-state index is 10.4.